The van der Waals surface area contributed by atoms with Crippen molar-refractivity contribution in [2.24, 2.45) is 0 Å². The van der Waals surface area contributed by atoms with Gasteiger partial charge in [-0.3, -0.25) is 14.9 Å². The van der Waals surface area contributed by atoms with E-state index in [1.54, 1.807) is 19.1 Å². The minimum atomic E-state index is -0.738. The fourth-order valence-corrected chi connectivity index (χ4v) is 2.93. The second kappa shape index (κ2) is 9.53. The molecule has 9 nitrogen and oxygen atoms in total. The van der Waals surface area contributed by atoms with Crippen LogP contribution in [0.2, 0.25) is 0 Å². The Labute approximate surface area is 159 Å². The van der Waals surface area contributed by atoms with E-state index in [1.807, 2.05) is 6.92 Å². The second-order valence-corrected chi connectivity index (χ2v) is 6.49. The Kier molecular flexibility index (Phi) is 7.12. The summed E-state index contributed by atoms with van der Waals surface area (Å²) in [6.45, 7) is 3.38. The van der Waals surface area contributed by atoms with Crippen LogP contribution in [0.4, 0.5) is 9.80 Å². The van der Waals surface area contributed by atoms with Crippen LogP contribution in [0.1, 0.15) is 39.1 Å². The molecule has 4 amide bonds. The number of nitrogens with one attached hydrogen (secondary N) is 3. The number of aryl methyl sites for hydroxylation is 1. The van der Waals surface area contributed by atoms with E-state index in [0.29, 0.717) is 17.1 Å². The van der Waals surface area contributed by atoms with Crippen molar-refractivity contribution in [1.82, 2.24) is 10.6 Å². The first-order valence-electron chi connectivity index (χ1n) is 8.10. The van der Waals surface area contributed by atoms with Crippen LogP contribution in [-0.4, -0.2) is 37.0 Å². The number of urea groups is 1. The van der Waals surface area contributed by atoms with Crippen LogP contribution < -0.4 is 16.0 Å². The summed E-state index contributed by atoms with van der Waals surface area (Å²) in [6, 6.07) is 4.07. The maximum absolute atomic E-state index is 12.1. The lowest BCUT2D eigenvalue weighted by molar-refractivity contribution is -0.123. The van der Waals surface area contributed by atoms with Gasteiger partial charge in [0, 0.05) is 6.54 Å². The highest BCUT2D eigenvalue weighted by Crippen LogP contribution is 2.27. The maximum Gasteiger partial charge on any atom is 0.349 e. The standard InChI is InChI=1S/C17H19N3O6S/c1-3-6-18-17(24)19-12(21)9-26-16(23)14-10(2)8-13(27-14)20-15(22)11-5-4-7-25-11/h4-5,7-8H,3,6,9H2,1-2H3,(H,20,22)(H2,18,19,21,24). The molecule has 0 aliphatic rings. The summed E-state index contributed by atoms with van der Waals surface area (Å²) in [5.74, 6) is -1.76. The Morgan fingerprint density at radius 3 is 2.70 bits per heavy atom. The van der Waals surface area contributed by atoms with E-state index in [-0.39, 0.29) is 10.6 Å². The minimum Gasteiger partial charge on any atom is -0.459 e. The number of rotatable bonds is 7. The summed E-state index contributed by atoms with van der Waals surface area (Å²) in [7, 11) is 0. The molecule has 0 aromatic carbocycles. The predicted molar refractivity (Wildman–Crippen MR) is 97.8 cm³/mol. The van der Waals surface area contributed by atoms with Gasteiger partial charge in [0.15, 0.2) is 12.4 Å². The molecule has 0 aliphatic heterocycles. The van der Waals surface area contributed by atoms with Crippen molar-refractivity contribution in [3.8, 4) is 0 Å². The van der Waals surface area contributed by atoms with Gasteiger partial charge in [-0.2, -0.15) is 0 Å². The summed E-state index contributed by atoms with van der Waals surface area (Å²) in [4.78, 5) is 47.3. The van der Waals surface area contributed by atoms with Crippen LogP contribution in [0.15, 0.2) is 28.9 Å². The Morgan fingerprint density at radius 1 is 1.26 bits per heavy atom. The van der Waals surface area contributed by atoms with E-state index < -0.39 is 30.4 Å². The minimum absolute atomic E-state index is 0.142. The van der Waals surface area contributed by atoms with Gasteiger partial charge in [0.2, 0.25) is 0 Å². The number of imide groups is 1. The molecule has 10 heteroatoms. The van der Waals surface area contributed by atoms with Crippen molar-refractivity contribution < 1.29 is 28.3 Å². The number of carbonyl (C=O) groups excluding carboxylic acids is 4. The zero-order chi connectivity index (χ0) is 19.8. The van der Waals surface area contributed by atoms with E-state index >= 15 is 0 Å². The molecule has 0 saturated heterocycles. The smallest absolute Gasteiger partial charge is 0.349 e. The normalized spacial score (nSPS) is 10.1. The molecule has 0 unspecified atom stereocenters. The highest BCUT2D eigenvalue weighted by Gasteiger charge is 2.19. The van der Waals surface area contributed by atoms with Crippen molar-refractivity contribution in [2.45, 2.75) is 20.3 Å². The molecule has 3 N–H and O–H groups in total. The number of esters is 1. The number of furan rings is 1. The molecule has 144 valence electrons. The van der Waals surface area contributed by atoms with Gasteiger partial charge in [-0.05, 0) is 37.1 Å². The zero-order valence-electron chi connectivity index (χ0n) is 14.8. The maximum atomic E-state index is 12.1. The average Bonchev–Trinajstić information content (AvgIpc) is 3.27. The van der Waals surface area contributed by atoms with Crippen LogP contribution in [0.5, 0.6) is 0 Å². The highest BCUT2D eigenvalue weighted by atomic mass is 32.1. The molecule has 0 spiro atoms. The molecule has 0 atom stereocenters. The number of anilines is 1. The first kappa shape index (κ1) is 20.2. The van der Waals surface area contributed by atoms with Gasteiger partial charge in [0.1, 0.15) is 4.88 Å². The molecule has 2 heterocycles. The number of carbonyl (C=O) groups is 4. The average molecular weight is 393 g/mol. The Bertz CT molecular complexity index is 828. The van der Waals surface area contributed by atoms with Crippen molar-refractivity contribution in [3.63, 3.8) is 0 Å². The molecule has 27 heavy (non-hydrogen) atoms. The van der Waals surface area contributed by atoms with Crippen LogP contribution in [0, 0.1) is 6.92 Å². The number of ether oxygens (including phenoxy) is 1. The van der Waals surface area contributed by atoms with Crippen LogP contribution in [0.3, 0.4) is 0 Å². The van der Waals surface area contributed by atoms with Crippen molar-refractivity contribution in [1.29, 1.82) is 0 Å². The van der Waals surface area contributed by atoms with Gasteiger partial charge in [0.05, 0.1) is 11.3 Å². The predicted octanol–water partition coefficient (Wildman–Crippen LogP) is 2.29. The van der Waals surface area contributed by atoms with Crippen molar-refractivity contribution in [2.75, 3.05) is 18.5 Å². The third kappa shape index (κ3) is 5.96. The molecule has 0 radical (unpaired) electrons. The number of hydrogen-bond donors (Lipinski definition) is 3. The summed E-state index contributed by atoms with van der Waals surface area (Å²) in [5.41, 5.74) is 0.584. The molecular formula is C17H19N3O6S. The molecule has 0 aliphatic carbocycles. The van der Waals surface area contributed by atoms with Crippen LogP contribution >= 0.6 is 11.3 Å². The fourth-order valence-electron chi connectivity index (χ4n) is 1.97. The van der Waals surface area contributed by atoms with Crippen molar-refractivity contribution in [3.05, 3.63) is 40.7 Å². The molecule has 2 aromatic heterocycles. The lowest BCUT2D eigenvalue weighted by atomic mass is 10.3. The number of amides is 4. The Hall–Kier alpha value is -3.14. The third-order valence-corrected chi connectivity index (χ3v) is 4.34. The van der Waals surface area contributed by atoms with Gasteiger partial charge >= 0.3 is 12.0 Å². The number of hydrogen-bond acceptors (Lipinski definition) is 7. The lowest BCUT2D eigenvalue weighted by Crippen LogP contribution is -2.41. The largest absolute Gasteiger partial charge is 0.459 e. The number of thiophene rings is 1. The second-order valence-electron chi connectivity index (χ2n) is 5.43. The third-order valence-electron chi connectivity index (χ3n) is 3.21. The highest BCUT2D eigenvalue weighted by molar-refractivity contribution is 7.18. The molecule has 2 aromatic rings. The van der Waals surface area contributed by atoms with Gasteiger partial charge in [-0.1, -0.05) is 6.92 Å². The van der Waals surface area contributed by atoms with Crippen LogP contribution in [0.25, 0.3) is 0 Å². The Balaban J connectivity index is 1.87. The van der Waals surface area contributed by atoms with Gasteiger partial charge in [-0.25, -0.2) is 9.59 Å². The van der Waals surface area contributed by atoms with Crippen LogP contribution in [-0.2, 0) is 9.53 Å². The quantitative estimate of drug-likeness (QED) is 0.620. The molecule has 0 saturated carbocycles. The Morgan fingerprint density at radius 2 is 2.04 bits per heavy atom. The van der Waals surface area contributed by atoms with E-state index in [0.717, 1.165) is 17.8 Å². The summed E-state index contributed by atoms with van der Waals surface area (Å²) >= 11 is 1.01. The summed E-state index contributed by atoms with van der Waals surface area (Å²) < 4.78 is 9.91. The lowest BCUT2D eigenvalue weighted by Gasteiger charge is -2.06. The fraction of sp³-hybridized carbons (Fsp3) is 0.294. The van der Waals surface area contributed by atoms with Gasteiger partial charge < -0.3 is 19.8 Å². The van der Waals surface area contributed by atoms with E-state index in [4.69, 9.17) is 9.15 Å². The molecule has 0 fully saturated rings. The SMILES string of the molecule is CCCNC(=O)NC(=O)COC(=O)c1sc(NC(=O)c2ccco2)cc1C. The first-order valence-corrected chi connectivity index (χ1v) is 8.92. The molecular weight excluding hydrogens is 374 g/mol. The van der Waals surface area contributed by atoms with Gasteiger partial charge in [0.25, 0.3) is 11.8 Å². The summed E-state index contributed by atoms with van der Waals surface area (Å²) in [6.07, 6.45) is 2.11. The van der Waals surface area contributed by atoms with Crippen molar-refractivity contribution >= 4 is 40.2 Å². The molecule has 2 rings (SSSR count). The first-order chi connectivity index (χ1) is 12.9. The summed E-state index contributed by atoms with van der Waals surface area (Å²) in [5, 5.41) is 7.57. The van der Waals surface area contributed by atoms with Gasteiger partial charge in [-0.15, -0.1) is 11.3 Å². The van der Waals surface area contributed by atoms with E-state index in [9.17, 15) is 19.2 Å². The monoisotopic (exact) mass is 393 g/mol. The topological polar surface area (TPSA) is 127 Å². The molecule has 0 bridgehead atoms. The van der Waals surface area contributed by atoms with E-state index in [1.165, 1.54) is 12.3 Å². The van der Waals surface area contributed by atoms with E-state index in [2.05, 4.69) is 16.0 Å². The zero-order valence-corrected chi connectivity index (χ0v) is 15.6.